The summed E-state index contributed by atoms with van der Waals surface area (Å²) in [5, 5.41) is 98.3. The lowest BCUT2D eigenvalue weighted by Gasteiger charge is -2.42. The average Bonchev–Trinajstić information content (AvgIpc) is 3.30. The molecule has 68 heavy (non-hydrogen) atoms. The second-order valence-electron chi connectivity index (χ2n) is 17.5. The number of rotatable bonds is 34. The molecule has 3 fully saturated rings. The summed E-state index contributed by atoms with van der Waals surface area (Å²) in [6.45, 7) is 5.75. The highest BCUT2D eigenvalue weighted by Crippen LogP contribution is 2.25. The van der Waals surface area contributed by atoms with E-state index in [0.29, 0.717) is 65.3 Å². The summed E-state index contributed by atoms with van der Waals surface area (Å²) in [7, 11) is 0. The molecule has 0 saturated carbocycles. The molecule has 0 aromatic heterocycles. The fourth-order valence-corrected chi connectivity index (χ4v) is 7.95. The zero-order valence-corrected chi connectivity index (χ0v) is 39.7. The van der Waals surface area contributed by atoms with Gasteiger partial charge in [-0.1, -0.05) is 0 Å². The van der Waals surface area contributed by atoms with Gasteiger partial charge in [-0.05, 0) is 64.2 Å². The van der Waals surface area contributed by atoms with Gasteiger partial charge < -0.3 is 105 Å². The van der Waals surface area contributed by atoms with E-state index in [1.807, 2.05) is 0 Å². The lowest BCUT2D eigenvalue weighted by atomic mass is 9.97. The lowest BCUT2D eigenvalue weighted by molar-refractivity contribution is -0.270. The molecule has 3 aliphatic rings. The second kappa shape index (κ2) is 33.4. The Morgan fingerprint density at radius 1 is 0.426 bits per heavy atom. The van der Waals surface area contributed by atoms with E-state index in [1.54, 1.807) is 0 Å². The largest absolute Gasteiger partial charge is 0.394 e. The molecule has 398 valence electrons. The Morgan fingerprint density at radius 2 is 0.721 bits per heavy atom. The van der Waals surface area contributed by atoms with Gasteiger partial charge in [0, 0.05) is 72.9 Å². The Labute approximate surface area is 398 Å². The van der Waals surface area contributed by atoms with Gasteiger partial charge in [0.2, 0.25) is 17.7 Å². The van der Waals surface area contributed by atoms with E-state index in [-0.39, 0.29) is 25.7 Å². The summed E-state index contributed by atoms with van der Waals surface area (Å²) in [5.74, 6) is -1.26. The van der Waals surface area contributed by atoms with Crippen LogP contribution in [0, 0.1) is 5.92 Å². The van der Waals surface area contributed by atoms with Gasteiger partial charge in [-0.15, -0.1) is 0 Å². The highest BCUT2D eigenvalue weighted by molar-refractivity contribution is 5.74. The average molecular weight is 988 g/mol. The molecule has 0 radical (unpaired) electrons. The van der Waals surface area contributed by atoms with E-state index in [9.17, 15) is 60.3 Å². The molecule has 24 nitrogen and oxygen atoms in total. The Balaban J connectivity index is 1.37. The minimum atomic E-state index is -1.39. The third kappa shape index (κ3) is 20.8. The number of amides is 3. The van der Waals surface area contributed by atoms with E-state index in [4.69, 9.17) is 42.6 Å². The maximum Gasteiger partial charge on any atom is 0.217 e. The van der Waals surface area contributed by atoms with Gasteiger partial charge >= 0.3 is 0 Å². The van der Waals surface area contributed by atoms with Crippen LogP contribution >= 0.6 is 0 Å². The van der Waals surface area contributed by atoms with Crippen LogP contribution in [0.15, 0.2) is 0 Å². The molecule has 3 amide bonds. The van der Waals surface area contributed by atoms with Crippen molar-refractivity contribution in [2.24, 2.45) is 5.92 Å². The first-order valence-electron chi connectivity index (χ1n) is 23.9. The van der Waals surface area contributed by atoms with E-state index in [1.165, 1.54) is 20.8 Å². The van der Waals surface area contributed by atoms with Gasteiger partial charge in [-0.25, -0.2) is 0 Å². The summed E-state index contributed by atoms with van der Waals surface area (Å²) in [5.41, 5.74) is 0. The number of nitrogens with one attached hydrogen (secondary N) is 3. The highest BCUT2D eigenvalue weighted by Gasteiger charge is 2.47. The van der Waals surface area contributed by atoms with Crippen LogP contribution in [0.5, 0.6) is 0 Å². The van der Waals surface area contributed by atoms with Crippen molar-refractivity contribution in [2.75, 3.05) is 79.3 Å². The summed E-state index contributed by atoms with van der Waals surface area (Å²) < 4.78 is 52.2. The topological polar surface area (TPSA) is 352 Å². The van der Waals surface area contributed by atoms with Crippen LogP contribution in [0.1, 0.15) is 85.0 Å². The van der Waals surface area contributed by atoms with E-state index in [0.717, 1.165) is 38.5 Å². The van der Waals surface area contributed by atoms with E-state index in [2.05, 4.69) is 16.0 Å². The normalized spacial score (nSPS) is 32.4. The quantitative estimate of drug-likeness (QED) is 0.0278. The number of hydrogen-bond acceptors (Lipinski definition) is 21. The number of ether oxygens (including phenoxy) is 9. The Hall–Kier alpha value is -2.31. The van der Waals surface area contributed by atoms with Crippen molar-refractivity contribution >= 4 is 17.7 Å². The van der Waals surface area contributed by atoms with Crippen molar-refractivity contribution in [3.8, 4) is 0 Å². The number of aliphatic hydroxyl groups excluding tert-OH is 9. The maximum absolute atomic E-state index is 11.7. The standard InChI is InChI=1S/C44H81N3O21/c1-26(51)45-33-39(57)36(54)30(21-48)66-42(33)63-17-10-4-7-14-60-20-13-29(24-61-15-8-5-11-18-64-43-34(46-27(2)52)40(58)37(55)31(22-49)67-43)25-62-16-9-6-12-19-65-44-35(47-28(3)53)41(59)38(56)32(23-50)68-44/h29-44,48-50,54-59H,4-25H2,1-3H3,(H,45,51)(H,46,52)(H,47,53)/t29?,30?,31?,32?,33-,34?,35?,36-,37-,38-,39?,40?,41?,42+,43+,44+/m0/s1. The lowest BCUT2D eigenvalue weighted by Crippen LogP contribution is -2.64. The SMILES string of the molecule is CC(=O)NC1C(O)[C@@H](O)C(CO)O[C@H]1OCCCCCOCC(CCOCCCCCO[C@@H]1OC(CO)[C@H](O)C(O)[C@@H]1NC(C)=O)COCCCCCO[C@@H]1OC(CO)[C@H](O)C(O)C1NC(C)=O. The number of carbonyl (C=O) groups is 3. The molecule has 15 atom stereocenters. The molecule has 24 heteroatoms. The first kappa shape index (κ1) is 60.0. The molecular weight excluding hydrogens is 906 g/mol. The Morgan fingerprint density at radius 3 is 1.01 bits per heavy atom. The first-order chi connectivity index (χ1) is 32.6. The highest BCUT2D eigenvalue weighted by atomic mass is 16.7. The van der Waals surface area contributed by atoms with Crippen molar-refractivity contribution in [2.45, 2.75) is 177 Å². The van der Waals surface area contributed by atoms with Crippen molar-refractivity contribution in [3.05, 3.63) is 0 Å². The fourth-order valence-electron chi connectivity index (χ4n) is 7.95. The molecule has 3 saturated heterocycles. The van der Waals surface area contributed by atoms with Crippen LogP contribution in [0.3, 0.4) is 0 Å². The first-order valence-corrected chi connectivity index (χ1v) is 23.9. The van der Waals surface area contributed by atoms with Gasteiger partial charge in [-0.3, -0.25) is 14.4 Å². The molecule has 3 rings (SSSR count). The summed E-state index contributed by atoms with van der Waals surface area (Å²) in [6, 6.07) is -3.01. The monoisotopic (exact) mass is 988 g/mol. The predicted molar refractivity (Wildman–Crippen MR) is 236 cm³/mol. The maximum atomic E-state index is 11.7. The van der Waals surface area contributed by atoms with Gasteiger partial charge in [-0.2, -0.15) is 0 Å². The fraction of sp³-hybridized carbons (Fsp3) is 0.932. The van der Waals surface area contributed by atoms with Crippen molar-refractivity contribution in [1.29, 1.82) is 0 Å². The molecule has 8 unspecified atom stereocenters. The Kier molecular flexibility index (Phi) is 29.4. The van der Waals surface area contributed by atoms with Gasteiger partial charge in [0.05, 0.1) is 33.0 Å². The van der Waals surface area contributed by atoms with Crippen molar-refractivity contribution < 1.29 is 103 Å². The van der Waals surface area contributed by atoms with E-state index >= 15 is 0 Å². The zero-order valence-electron chi connectivity index (χ0n) is 39.7. The van der Waals surface area contributed by atoms with Crippen molar-refractivity contribution in [1.82, 2.24) is 16.0 Å². The van der Waals surface area contributed by atoms with Crippen LogP contribution in [0.4, 0.5) is 0 Å². The van der Waals surface area contributed by atoms with Gasteiger partial charge in [0.15, 0.2) is 18.9 Å². The molecule has 0 aliphatic carbocycles. The van der Waals surface area contributed by atoms with Crippen LogP contribution in [-0.4, -0.2) is 235 Å². The molecule has 3 aliphatic heterocycles. The molecule has 0 spiro atoms. The van der Waals surface area contributed by atoms with Crippen LogP contribution in [-0.2, 0) is 57.0 Å². The van der Waals surface area contributed by atoms with Gasteiger partial charge in [0.25, 0.3) is 0 Å². The van der Waals surface area contributed by atoms with Crippen LogP contribution < -0.4 is 16.0 Å². The van der Waals surface area contributed by atoms with E-state index < -0.39 is 129 Å². The third-order valence-electron chi connectivity index (χ3n) is 11.8. The molecule has 3 heterocycles. The number of carbonyl (C=O) groups excluding carboxylic acids is 3. The zero-order chi connectivity index (χ0) is 50.0. The number of unbranched alkanes of at least 4 members (excludes halogenated alkanes) is 6. The predicted octanol–water partition coefficient (Wildman–Crippen LogP) is -3.57. The minimum Gasteiger partial charge on any atom is -0.394 e. The molecular formula is C44H81N3O21. The molecule has 0 bridgehead atoms. The summed E-state index contributed by atoms with van der Waals surface area (Å²) >= 11 is 0. The van der Waals surface area contributed by atoms with Crippen LogP contribution in [0.25, 0.3) is 0 Å². The Bertz CT molecular complexity index is 1330. The molecule has 0 aromatic carbocycles. The summed E-state index contributed by atoms with van der Waals surface area (Å²) in [6.07, 6.45) is -7.65. The van der Waals surface area contributed by atoms with Gasteiger partial charge in [0.1, 0.15) is 73.1 Å². The molecule has 0 aromatic rings. The minimum absolute atomic E-state index is 0.0320. The second-order valence-corrected chi connectivity index (χ2v) is 17.5. The molecule has 12 N–H and O–H groups in total. The number of hydrogen-bond donors (Lipinski definition) is 12. The summed E-state index contributed by atoms with van der Waals surface area (Å²) in [4.78, 5) is 35.0. The smallest absolute Gasteiger partial charge is 0.217 e. The number of aliphatic hydroxyl groups is 9. The third-order valence-corrected chi connectivity index (χ3v) is 11.8. The van der Waals surface area contributed by atoms with Crippen molar-refractivity contribution in [3.63, 3.8) is 0 Å². The van der Waals surface area contributed by atoms with Crippen LogP contribution in [0.2, 0.25) is 0 Å².